The zero-order valence-corrected chi connectivity index (χ0v) is 12.0. The third kappa shape index (κ3) is 4.00. The summed E-state index contributed by atoms with van der Waals surface area (Å²) in [5.41, 5.74) is 1.24. The fraction of sp³-hybridized carbons (Fsp3) is 0.538. The topological polar surface area (TPSA) is 12.0 Å². The predicted octanol–water partition coefficient (Wildman–Crippen LogP) is 4.37. The Bertz CT molecular complexity index is 339. The molecule has 0 spiro atoms. The zero-order valence-electron chi connectivity index (χ0n) is 10.4. The maximum absolute atomic E-state index is 6.27. The van der Waals surface area contributed by atoms with Crippen LogP contribution in [0.5, 0.6) is 0 Å². The van der Waals surface area contributed by atoms with Crippen LogP contribution in [-0.4, -0.2) is 12.8 Å². The molecule has 0 saturated heterocycles. The van der Waals surface area contributed by atoms with E-state index in [1.807, 2.05) is 18.8 Å². The van der Waals surface area contributed by atoms with Crippen molar-refractivity contribution in [3.05, 3.63) is 28.8 Å². The van der Waals surface area contributed by atoms with Gasteiger partial charge in [0.2, 0.25) is 0 Å². The number of hydrogen-bond acceptors (Lipinski definition) is 2. The summed E-state index contributed by atoms with van der Waals surface area (Å²) in [6, 6.07) is 6.68. The molecule has 1 rings (SSSR count). The molecule has 0 amide bonds. The molecular weight excluding hydrogens is 238 g/mol. The lowest BCUT2D eigenvalue weighted by molar-refractivity contribution is 0.652. The number of halogens is 1. The normalized spacial score (nSPS) is 13.1. The monoisotopic (exact) mass is 257 g/mol. The third-order valence-electron chi connectivity index (χ3n) is 2.46. The van der Waals surface area contributed by atoms with Crippen molar-refractivity contribution in [1.82, 2.24) is 5.32 Å². The Balaban J connectivity index is 2.75. The van der Waals surface area contributed by atoms with Crippen molar-refractivity contribution in [2.45, 2.75) is 31.7 Å². The van der Waals surface area contributed by atoms with E-state index < -0.39 is 0 Å². The minimum absolute atomic E-state index is 0.349. The van der Waals surface area contributed by atoms with E-state index in [1.165, 1.54) is 10.5 Å². The largest absolute Gasteiger partial charge is 0.313 e. The molecule has 1 aromatic carbocycles. The summed E-state index contributed by atoms with van der Waals surface area (Å²) in [6.07, 6.45) is 0. The van der Waals surface area contributed by atoms with Crippen LogP contribution in [0.25, 0.3) is 0 Å². The van der Waals surface area contributed by atoms with Gasteiger partial charge in [-0.1, -0.05) is 31.5 Å². The van der Waals surface area contributed by atoms with Crippen LogP contribution in [0.1, 0.15) is 32.4 Å². The van der Waals surface area contributed by atoms with Gasteiger partial charge in [-0.3, -0.25) is 0 Å². The van der Waals surface area contributed by atoms with Gasteiger partial charge in [0.15, 0.2) is 0 Å². The van der Waals surface area contributed by atoms with Gasteiger partial charge in [-0.05, 0) is 37.6 Å². The maximum Gasteiger partial charge on any atom is 0.0545 e. The van der Waals surface area contributed by atoms with Gasteiger partial charge in [-0.2, -0.15) is 0 Å². The summed E-state index contributed by atoms with van der Waals surface area (Å²) in [5.74, 6) is 1.80. The minimum Gasteiger partial charge on any atom is -0.313 e. The van der Waals surface area contributed by atoms with Gasteiger partial charge in [-0.15, -0.1) is 11.8 Å². The quantitative estimate of drug-likeness (QED) is 0.787. The van der Waals surface area contributed by atoms with Crippen LogP contribution in [0.2, 0.25) is 5.02 Å². The smallest absolute Gasteiger partial charge is 0.0545 e. The van der Waals surface area contributed by atoms with Crippen molar-refractivity contribution in [3.8, 4) is 0 Å². The van der Waals surface area contributed by atoms with Crippen LogP contribution in [-0.2, 0) is 0 Å². The molecule has 16 heavy (non-hydrogen) atoms. The average molecular weight is 258 g/mol. The molecule has 1 N–H and O–H groups in total. The molecule has 1 aromatic rings. The third-order valence-corrected chi connectivity index (χ3v) is 4.39. The summed E-state index contributed by atoms with van der Waals surface area (Å²) >= 11 is 8.10. The van der Waals surface area contributed by atoms with Gasteiger partial charge < -0.3 is 5.32 Å². The number of nitrogens with one attached hydrogen (secondary N) is 1. The van der Waals surface area contributed by atoms with Crippen molar-refractivity contribution in [3.63, 3.8) is 0 Å². The van der Waals surface area contributed by atoms with Crippen molar-refractivity contribution >= 4 is 23.4 Å². The van der Waals surface area contributed by atoms with Gasteiger partial charge >= 0.3 is 0 Å². The van der Waals surface area contributed by atoms with Crippen LogP contribution in [0.3, 0.4) is 0 Å². The summed E-state index contributed by atoms with van der Waals surface area (Å²) < 4.78 is 0. The summed E-state index contributed by atoms with van der Waals surface area (Å²) in [6.45, 7) is 6.57. The summed E-state index contributed by atoms with van der Waals surface area (Å²) in [4.78, 5) is 1.18. The molecule has 1 nitrogen and oxygen atoms in total. The Morgan fingerprint density at radius 3 is 2.50 bits per heavy atom. The molecule has 1 atom stereocenters. The second kappa shape index (κ2) is 6.53. The first kappa shape index (κ1) is 13.9. The van der Waals surface area contributed by atoms with Gasteiger partial charge in [-0.25, -0.2) is 0 Å². The number of rotatable bonds is 5. The highest BCUT2D eigenvalue weighted by atomic mass is 35.5. The van der Waals surface area contributed by atoms with Crippen LogP contribution in [0, 0.1) is 5.92 Å². The lowest BCUT2D eigenvalue weighted by Crippen LogP contribution is -2.12. The number of hydrogen-bond donors (Lipinski definition) is 1. The first-order valence-electron chi connectivity index (χ1n) is 5.64. The lowest BCUT2D eigenvalue weighted by atomic mass is 10.1. The summed E-state index contributed by atoms with van der Waals surface area (Å²) in [5, 5.41) is 4.08. The molecule has 0 heterocycles. The van der Waals surface area contributed by atoms with Crippen molar-refractivity contribution < 1.29 is 0 Å². The molecule has 0 fully saturated rings. The molecule has 0 aliphatic carbocycles. The van der Waals surface area contributed by atoms with Crippen LogP contribution in [0.15, 0.2) is 23.1 Å². The zero-order chi connectivity index (χ0) is 12.1. The number of benzene rings is 1. The second-order valence-corrected chi connectivity index (χ2v) is 5.87. The van der Waals surface area contributed by atoms with Gasteiger partial charge in [0.05, 0.1) is 5.02 Å². The fourth-order valence-electron chi connectivity index (χ4n) is 1.33. The van der Waals surface area contributed by atoms with Crippen LogP contribution in [0.4, 0.5) is 0 Å². The van der Waals surface area contributed by atoms with E-state index in [9.17, 15) is 0 Å². The van der Waals surface area contributed by atoms with E-state index in [1.54, 1.807) is 0 Å². The first-order chi connectivity index (χ1) is 7.54. The maximum atomic E-state index is 6.27. The van der Waals surface area contributed by atoms with Crippen molar-refractivity contribution in [1.29, 1.82) is 0 Å². The Kier molecular flexibility index (Phi) is 5.67. The number of thioether (sulfide) groups is 1. The Labute approximate surface area is 108 Å². The molecule has 90 valence electrons. The molecular formula is C13H20ClNS. The lowest BCUT2D eigenvalue weighted by Gasteiger charge is -2.13. The van der Waals surface area contributed by atoms with Crippen molar-refractivity contribution in [2.75, 3.05) is 12.8 Å². The SMILES string of the molecule is CNC(C)c1ccc(SCC(C)C)c(Cl)c1. The van der Waals surface area contributed by atoms with E-state index in [-0.39, 0.29) is 0 Å². The molecule has 0 radical (unpaired) electrons. The van der Waals surface area contributed by atoms with E-state index in [2.05, 4.69) is 44.3 Å². The standard InChI is InChI=1S/C13H20ClNS/c1-9(2)8-16-13-6-5-11(7-12(13)14)10(3)15-4/h5-7,9-10,15H,8H2,1-4H3. The highest BCUT2D eigenvalue weighted by Crippen LogP contribution is 2.30. The van der Waals surface area contributed by atoms with E-state index in [4.69, 9.17) is 11.6 Å². The first-order valence-corrected chi connectivity index (χ1v) is 7.00. The molecule has 3 heteroatoms. The Hall–Kier alpha value is -0.180. The Morgan fingerprint density at radius 1 is 1.31 bits per heavy atom. The predicted molar refractivity (Wildman–Crippen MR) is 74.5 cm³/mol. The van der Waals surface area contributed by atoms with Crippen molar-refractivity contribution in [2.24, 2.45) is 5.92 Å². The molecule has 0 saturated carbocycles. The molecule has 0 aliphatic rings. The minimum atomic E-state index is 0.349. The second-order valence-electron chi connectivity index (χ2n) is 4.41. The van der Waals surface area contributed by atoms with Crippen LogP contribution < -0.4 is 5.32 Å². The fourth-order valence-corrected chi connectivity index (χ4v) is 2.55. The average Bonchev–Trinajstić information content (AvgIpc) is 2.26. The molecule has 0 aromatic heterocycles. The van der Waals surface area contributed by atoms with E-state index in [0.717, 1.165) is 10.8 Å². The van der Waals surface area contributed by atoms with Gasteiger partial charge in [0.25, 0.3) is 0 Å². The van der Waals surface area contributed by atoms with Gasteiger partial charge in [0.1, 0.15) is 0 Å². The molecule has 0 aliphatic heterocycles. The van der Waals surface area contributed by atoms with Crippen LogP contribution >= 0.6 is 23.4 Å². The van der Waals surface area contributed by atoms with Gasteiger partial charge in [0, 0.05) is 16.7 Å². The highest BCUT2D eigenvalue weighted by Gasteiger charge is 2.07. The van der Waals surface area contributed by atoms with E-state index in [0.29, 0.717) is 12.0 Å². The summed E-state index contributed by atoms with van der Waals surface area (Å²) in [7, 11) is 1.96. The molecule has 0 bridgehead atoms. The van der Waals surface area contributed by atoms with E-state index >= 15 is 0 Å². The molecule has 1 unspecified atom stereocenters. The Morgan fingerprint density at radius 2 is 2.00 bits per heavy atom. The highest BCUT2D eigenvalue weighted by molar-refractivity contribution is 7.99.